The van der Waals surface area contributed by atoms with Gasteiger partial charge in [-0.25, -0.2) is 4.39 Å². The van der Waals surface area contributed by atoms with E-state index in [1.165, 1.54) is 17.8 Å². The zero-order valence-corrected chi connectivity index (χ0v) is 12.4. The van der Waals surface area contributed by atoms with Crippen molar-refractivity contribution in [3.8, 4) is 0 Å². The zero-order valence-electron chi connectivity index (χ0n) is 11.6. The average Bonchev–Trinajstić information content (AvgIpc) is 3.20. The fourth-order valence-corrected chi connectivity index (χ4v) is 2.98. The molecule has 0 saturated heterocycles. The minimum atomic E-state index is -0.864. The third-order valence-electron chi connectivity index (χ3n) is 3.49. The van der Waals surface area contributed by atoms with Gasteiger partial charge in [0.2, 0.25) is 0 Å². The van der Waals surface area contributed by atoms with Gasteiger partial charge in [-0.2, -0.15) is 0 Å². The van der Waals surface area contributed by atoms with E-state index in [2.05, 4.69) is 5.32 Å². The number of nitrogens with one attached hydrogen (secondary N) is 1. The smallest absolute Gasteiger partial charge is 0.323 e. The predicted octanol–water partition coefficient (Wildman–Crippen LogP) is 3.29. The lowest BCUT2D eigenvalue weighted by Crippen LogP contribution is -2.50. The molecule has 1 fully saturated rings. The molecule has 3 nitrogen and oxygen atoms in total. The highest BCUT2D eigenvalue weighted by atomic mass is 32.2. The van der Waals surface area contributed by atoms with Crippen LogP contribution in [0.1, 0.15) is 32.6 Å². The molecule has 1 unspecified atom stereocenters. The fraction of sp³-hybridized carbons (Fsp3) is 0.533. The van der Waals surface area contributed by atoms with Crippen molar-refractivity contribution in [2.45, 2.75) is 49.1 Å². The van der Waals surface area contributed by atoms with Crippen LogP contribution in [-0.4, -0.2) is 28.4 Å². The van der Waals surface area contributed by atoms with Crippen molar-refractivity contribution >= 4 is 17.7 Å². The summed E-state index contributed by atoms with van der Waals surface area (Å²) in [5.74, 6) is -0.300. The molecule has 1 aromatic rings. The monoisotopic (exact) mass is 297 g/mol. The first kappa shape index (κ1) is 15.3. The summed E-state index contributed by atoms with van der Waals surface area (Å²) in [6.45, 7) is 1.74. The highest BCUT2D eigenvalue weighted by Gasteiger charge is 2.37. The first-order valence-electron chi connectivity index (χ1n) is 6.90. The van der Waals surface area contributed by atoms with Crippen LogP contribution >= 0.6 is 11.8 Å². The Hall–Kier alpha value is -1.07. The number of carboxylic acid groups (broad SMARTS) is 1. The summed E-state index contributed by atoms with van der Waals surface area (Å²) in [6, 6.07) is 7.02. The van der Waals surface area contributed by atoms with Crippen LogP contribution in [0.15, 0.2) is 29.2 Å². The van der Waals surface area contributed by atoms with Crippen LogP contribution in [0.5, 0.6) is 0 Å². The molecule has 2 N–H and O–H groups in total. The number of carbonyl (C=O) groups is 1. The Bertz CT molecular complexity index is 479. The Labute approximate surface area is 123 Å². The van der Waals surface area contributed by atoms with E-state index in [-0.39, 0.29) is 5.82 Å². The van der Waals surface area contributed by atoms with Crippen molar-refractivity contribution in [3.63, 3.8) is 0 Å². The van der Waals surface area contributed by atoms with Crippen LogP contribution in [0.25, 0.3) is 0 Å². The van der Waals surface area contributed by atoms with Crippen LogP contribution in [0, 0.1) is 5.82 Å². The van der Waals surface area contributed by atoms with Gasteiger partial charge in [-0.05, 0) is 50.5 Å². The molecule has 1 aromatic carbocycles. The Morgan fingerprint density at radius 3 is 2.80 bits per heavy atom. The summed E-state index contributed by atoms with van der Waals surface area (Å²) < 4.78 is 13.4. The summed E-state index contributed by atoms with van der Waals surface area (Å²) >= 11 is 1.44. The van der Waals surface area contributed by atoms with Crippen molar-refractivity contribution in [1.82, 2.24) is 5.32 Å². The summed E-state index contributed by atoms with van der Waals surface area (Å²) in [5.41, 5.74) is -0.864. The second-order valence-electron chi connectivity index (χ2n) is 5.44. The molecule has 0 spiro atoms. The van der Waals surface area contributed by atoms with Crippen molar-refractivity contribution in [2.75, 3.05) is 5.75 Å². The molecule has 0 radical (unpaired) electrons. The number of halogens is 1. The van der Waals surface area contributed by atoms with Gasteiger partial charge in [-0.3, -0.25) is 10.1 Å². The number of carboxylic acids is 1. The van der Waals surface area contributed by atoms with E-state index >= 15 is 0 Å². The molecular weight excluding hydrogens is 277 g/mol. The molecule has 1 aliphatic rings. The normalized spacial score (nSPS) is 17.7. The summed E-state index contributed by atoms with van der Waals surface area (Å²) in [7, 11) is 0. The van der Waals surface area contributed by atoms with Gasteiger partial charge in [0.1, 0.15) is 11.4 Å². The molecule has 0 aromatic heterocycles. The number of rotatable bonds is 8. The van der Waals surface area contributed by atoms with Gasteiger partial charge in [0, 0.05) is 10.9 Å². The molecule has 0 heterocycles. The van der Waals surface area contributed by atoms with Gasteiger partial charge in [-0.15, -0.1) is 11.8 Å². The molecule has 0 bridgehead atoms. The van der Waals surface area contributed by atoms with E-state index in [4.69, 9.17) is 0 Å². The number of aliphatic carboxylic acids is 1. The Morgan fingerprint density at radius 2 is 2.20 bits per heavy atom. The largest absolute Gasteiger partial charge is 0.480 e. The van der Waals surface area contributed by atoms with E-state index < -0.39 is 11.5 Å². The van der Waals surface area contributed by atoms with Gasteiger partial charge in [0.15, 0.2) is 0 Å². The minimum absolute atomic E-state index is 0.213. The van der Waals surface area contributed by atoms with Gasteiger partial charge in [-0.1, -0.05) is 12.1 Å². The number of hydrogen-bond acceptors (Lipinski definition) is 3. The predicted molar refractivity (Wildman–Crippen MR) is 78.6 cm³/mol. The number of hydrogen-bond donors (Lipinski definition) is 2. The van der Waals surface area contributed by atoms with Crippen LogP contribution in [0.2, 0.25) is 0 Å². The fourth-order valence-electron chi connectivity index (χ4n) is 2.09. The van der Waals surface area contributed by atoms with Crippen LogP contribution in [0.4, 0.5) is 4.39 Å². The van der Waals surface area contributed by atoms with Gasteiger partial charge in [0.05, 0.1) is 0 Å². The molecule has 1 saturated carbocycles. The summed E-state index contributed by atoms with van der Waals surface area (Å²) in [5, 5.41) is 12.5. The zero-order chi connectivity index (χ0) is 14.6. The second kappa shape index (κ2) is 6.59. The Balaban J connectivity index is 1.78. The molecule has 0 amide bonds. The maximum Gasteiger partial charge on any atom is 0.323 e. The molecule has 110 valence electrons. The lowest BCUT2D eigenvalue weighted by atomic mass is 9.96. The first-order chi connectivity index (χ1) is 9.51. The van der Waals surface area contributed by atoms with Crippen LogP contribution < -0.4 is 5.32 Å². The minimum Gasteiger partial charge on any atom is -0.480 e. The molecular formula is C15H20FNO2S. The highest BCUT2D eigenvalue weighted by molar-refractivity contribution is 7.99. The van der Waals surface area contributed by atoms with Crippen LogP contribution in [-0.2, 0) is 4.79 Å². The molecule has 20 heavy (non-hydrogen) atoms. The lowest BCUT2D eigenvalue weighted by Gasteiger charge is -2.26. The third-order valence-corrected chi connectivity index (χ3v) is 4.62. The van der Waals surface area contributed by atoms with E-state index in [0.717, 1.165) is 25.0 Å². The standard InChI is InChI=1S/C15H20FNO2S/c1-15(14(18)19,17-11-7-8-11)9-4-10-20-13-6-3-2-5-12(13)16/h2-3,5-6,11,17H,4,7-10H2,1H3,(H,18,19). The Kier molecular flexibility index (Phi) is 5.05. The van der Waals surface area contributed by atoms with E-state index in [9.17, 15) is 14.3 Å². The van der Waals surface area contributed by atoms with Gasteiger partial charge in [0.25, 0.3) is 0 Å². The topological polar surface area (TPSA) is 49.3 Å². The van der Waals surface area contributed by atoms with Gasteiger partial charge >= 0.3 is 5.97 Å². The molecule has 2 rings (SSSR count). The quantitative estimate of drug-likeness (QED) is 0.571. The first-order valence-corrected chi connectivity index (χ1v) is 7.88. The van der Waals surface area contributed by atoms with Crippen molar-refractivity contribution in [2.24, 2.45) is 0 Å². The average molecular weight is 297 g/mol. The number of benzene rings is 1. The summed E-state index contributed by atoms with van der Waals surface area (Å²) in [6.07, 6.45) is 3.42. The molecule has 1 aliphatic carbocycles. The van der Waals surface area contributed by atoms with Crippen LogP contribution in [0.3, 0.4) is 0 Å². The second-order valence-corrected chi connectivity index (χ2v) is 6.58. The van der Waals surface area contributed by atoms with Crippen molar-refractivity contribution < 1.29 is 14.3 Å². The summed E-state index contributed by atoms with van der Waals surface area (Å²) in [4.78, 5) is 12.0. The molecule has 0 aliphatic heterocycles. The highest BCUT2D eigenvalue weighted by Crippen LogP contribution is 2.27. The van der Waals surface area contributed by atoms with E-state index in [1.807, 2.05) is 0 Å². The van der Waals surface area contributed by atoms with Crippen molar-refractivity contribution in [1.29, 1.82) is 0 Å². The van der Waals surface area contributed by atoms with Gasteiger partial charge < -0.3 is 5.11 Å². The van der Waals surface area contributed by atoms with E-state index in [1.54, 1.807) is 25.1 Å². The SMILES string of the molecule is CC(CCCSc1ccccc1F)(NC1CC1)C(=O)O. The molecule has 1 atom stereocenters. The maximum absolute atomic E-state index is 13.4. The van der Waals surface area contributed by atoms with E-state index in [0.29, 0.717) is 17.4 Å². The molecule has 5 heteroatoms. The lowest BCUT2D eigenvalue weighted by molar-refractivity contribution is -0.144. The maximum atomic E-state index is 13.4. The third kappa shape index (κ3) is 4.21. The number of thioether (sulfide) groups is 1. The Morgan fingerprint density at radius 1 is 1.50 bits per heavy atom. The van der Waals surface area contributed by atoms with Crippen molar-refractivity contribution in [3.05, 3.63) is 30.1 Å².